The zero-order valence-corrected chi connectivity index (χ0v) is 18.7. The van der Waals surface area contributed by atoms with Crippen molar-refractivity contribution in [1.82, 2.24) is 10.3 Å². The van der Waals surface area contributed by atoms with E-state index >= 15 is 0 Å². The third-order valence-electron chi connectivity index (χ3n) is 4.35. The Morgan fingerprint density at radius 3 is 2.39 bits per heavy atom. The van der Waals surface area contributed by atoms with Gasteiger partial charge in [-0.15, -0.1) is 5.10 Å². The van der Waals surface area contributed by atoms with E-state index in [9.17, 15) is 9.59 Å². The number of hydrogen-bond donors (Lipinski definition) is 1. The highest BCUT2D eigenvalue weighted by Gasteiger charge is 2.34. The molecule has 9 heteroatoms. The Kier molecular flexibility index (Phi) is 7.41. The van der Waals surface area contributed by atoms with Crippen LogP contribution in [0, 0.1) is 6.92 Å². The Morgan fingerprint density at radius 1 is 1.06 bits per heavy atom. The van der Waals surface area contributed by atoms with Crippen molar-refractivity contribution in [2.75, 3.05) is 20.3 Å². The fraction of sp³-hybridized carbons (Fsp3) is 0.318. The molecule has 8 nitrogen and oxygen atoms in total. The second kappa shape index (κ2) is 10.2. The molecule has 1 N–H and O–H groups in total. The molecule has 2 amide bonds. The maximum Gasteiger partial charge on any atom is 0.241 e. The lowest BCUT2D eigenvalue weighted by atomic mass is 10.1. The van der Waals surface area contributed by atoms with Crippen molar-refractivity contribution in [1.29, 1.82) is 0 Å². The number of nitrogens with one attached hydrogen (secondary N) is 1. The van der Waals surface area contributed by atoms with Crippen LogP contribution in [-0.2, 0) is 9.59 Å². The van der Waals surface area contributed by atoms with Gasteiger partial charge in [0, 0.05) is 19.4 Å². The topological polar surface area (TPSA) is 89.5 Å². The molecule has 1 heterocycles. The summed E-state index contributed by atoms with van der Waals surface area (Å²) in [6, 6.07) is 13.2. The van der Waals surface area contributed by atoms with Crippen LogP contribution in [0.2, 0.25) is 0 Å². The predicted octanol–water partition coefficient (Wildman–Crippen LogP) is 3.46. The van der Waals surface area contributed by atoms with Crippen LogP contribution in [0.15, 0.2) is 47.6 Å². The zero-order chi connectivity index (χ0) is 22.4. The second-order valence-electron chi connectivity index (χ2n) is 6.81. The summed E-state index contributed by atoms with van der Waals surface area (Å²) in [6.45, 7) is 5.41. The molecule has 1 aliphatic heterocycles. The summed E-state index contributed by atoms with van der Waals surface area (Å²) >= 11 is 1.29. The van der Waals surface area contributed by atoms with Crippen molar-refractivity contribution in [2.24, 2.45) is 5.10 Å². The van der Waals surface area contributed by atoms with Crippen LogP contribution in [0.4, 0.5) is 0 Å². The van der Waals surface area contributed by atoms with Gasteiger partial charge in [-0.3, -0.25) is 9.59 Å². The standard InChI is InChI=1S/C22H25N3O5S/c1-14-9-10-18(29-11-12-30-20-8-6-5-7-19(20)28-4)17(13-14)21-25(16(3)27)24-22(31-21)23-15(2)26/h5-10,13,21H,11-12H2,1-4H3,(H,23,24,26)/t21-/m1/s1. The van der Waals surface area contributed by atoms with Crippen LogP contribution in [0.5, 0.6) is 17.2 Å². The molecule has 3 rings (SSSR count). The number of ether oxygens (including phenoxy) is 3. The largest absolute Gasteiger partial charge is 0.493 e. The number of para-hydroxylation sites is 2. The number of hydrogen-bond acceptors (Lipinski definition) is 7. The molecule has 0 fully saturated rings. The first-order valence-electron chi connectivity index (χ1n) is 9.71. The molecule has 2 aromatic rings. The van der Waals surface area contributed by atoms with Crippen molar-refractivity contribution >= 4 is 28.7 Å². The number of thioether (sulfide) groups is 1. The van der Waals surface area contributed by atoms with E-state index in [-0.39, 0.29) is 11.8 Å². The molecule has 1 aliphatic rings. The molecule has 0 radical (unpaired) electrons. The van der Waals surface area contributed by atoms with Crippen LogP contribution in [-0.4, -0.2) is 42.3 Å². The molecule has 2 aromatic carbocycles. The van der Waals surface area contributed by atoms with Gasteiger partial charge in [0.25, 0.3) is 0 Å². The maximum absolute atomic E-state index is 12.2. The van der Waals surface area contributed by atoms with E-state index < -0.39 is 5.37 Å². The van der Waals surface area contributed by atoms with E-state index in [1.807, 2.05) is 49.4 Å². The van der Waals surface area contributed by atoms with E-state index in [1.165, 1.54) is 30.6 Å². The summed E-state index contributed by atoms with van der Waals surface area (Å²) in [5.74, 6) is 1.44. The number of carbonyl (C=O) groups is 2. The van der Waals surface area contributed by atoms with E-state index in [1.54, 1.807) is 7.11 Å². The molecule has 31 heavy (non-hydrogen) atoms. The van der Waals surface area contributed by atoms with Gasteiger partial charge < -0.3 is 19.5 Å². The van der Waals surface area contributed by atoms with Gasteiger partial charge in [-0.25, -0.2) is 5.01 Å². The van der Waals surface area contributed by atoms with Crippen molar-refractivity contribution in [3.05, 3.63) is 53.6 Å². The fourth-order valence-electron chi connectivity index (χ4n) is 3.00. The Bertz CT molecular complexity index is 995. The molecule has 0 bridgehead atoms. The fourth-order valence-corrected chi connectivity index (χ4v) is 4.15. The minimum absolute atomic E-state index is 0.232. The summed E-state index contributed by atoms with van der Waals surface area (Å²) in [5, 5.41) is 8.18. The number of carbonyl (C=O) groups excluding carboxylic acids is 2. The van der Waals surface area contributed by atoms with Gasteiger partial charge in [0.05, 0.1) is 7.11 Å². The maximum atomic E-state index is 12.2. The van der Waals surface area contributed by atoms with Crippen LogP contribution >= 0.6 is 11.8 Å². The van der Waals surface area contributed by atoms with Gasteiger partial charge >= 0.3 is 0 Å². The summed E-state index contributed by atoms with van der Waals surface area (Å²) in [6.07, 6.45) is 0. The first-order chi connectivity index (χ1) is 14.9. The lowest BCUT2D eigenvalue weighted by molar-refractivity contribution is -0.129. The number of benzene rings is 2. The molecule has 1 atom stereocenters. The average molecular weight is 444 g/mol. The second-order valence-corrected chi connectivity index (χ2v) is 7.88. The Hall–Kier alpha value is -3.20. The van der Waals surface area contributed by atoms with Crippen molar-refractivity contribution < 1.29 is 23.8 Å². The third-order valence-corrected chi connectivity index (χ3v) is 5.43. The first kappa shape index (κ1) is 22.5. The van der Waals surface area contributed by atoms with Crippen molar-refractivity contribution in [2.45, 2.75) is 26.1 Å². The number of amides is 2. The lowest BCUT2D eigenvalue weighted by Gasteiger charge is -2.22. The number of nitrogens with zero attached hydrogens (tertiary/aromatic N) is 2. The number of aryl methyl sites for hydroxylation is 1. The summed E-state index contributed by atoms with van der Waals surface area (Å²) in [7, 11) is 1.59. The highest BCUT2D eigenvalue weighted by molar-refractivity contribution is 8.14. The van der Waals surface area contributed by atoms with Gasteiger partial charge in [-0.05, 0) is 31.2 Å². The first-order valence-corrected chi connectivity index (χ1v) is 10.6. The number of hydrazone groups is 1. The summed E-state index contributed by atoms with van der Waals surface area (Å²) in [4.78, 5) is 23.6. The number of methoxy groups -OCH3 is 1. The van der Waals surface area contributed by atoms with Crippen molar-refractivity contribution in [3.63, 3.8) is 0 Å². The summed E-state index contributed by atoms with van der Waals surface area (Å²) in [5.41, 5.74) is 1.81. The van der Waals surface area contributed by atoms with E-state index in [2.05, 4.69) is 10.4 Å². The highest BCUT2D eigenvalue weighted by atomic mass is 32.2. The molecule has 0 saturated carbocycles. The molecule has 0 aromatic heterocycles. The normalized spacial score (nSPS) is 15.3. The van der Waals surface area contributed by atoms with E-state index in [0.29, 0.717) is 35.6 Å². The van der Waals surface area contributed by atoms with Gasteiger partial charge in [0.2, 0.25) is 11.8 Å². The van der Waals surface area contributed by atoms with Gasteiger partial charge in [0.15, 0.2) is 16.7 Å². The van der Waals surface area contributed by atoms with Gasteiger partial charge in [0.1, 0.15) is 24.3 Å². The average Bonchev–Trinajstić information content (AvgIpc) is 3.15. The van der Waals surface area contributed by atoms with Gasteiger partial charge in [-0.1, -0.05) is 35.5 Å². The van der Waals surface area contributed by atoms with Gasteiger partial charge in [-0.2, -0.15) is 0 Å². The van der Waals surface area contributed by atoms with Crippen LogP contribution < -0.4 is 19.5 Å². The Labute approximate surface area is 185 Å². The predicted molar refractivity (Wildman–Crippen MR) is 119 cm³/mol. The monoisotopic (exact) mass is 443 g/mol. The van der Waals surface area contributed by atoms with Crippen LogP contribution in [0.1, 0.15) is 30.3 Å². The Balaban J connectivity index is 1.72. The number of amidine groups is 1. The molecule has 0 aliphatic carbocycles. The molecule has 0 saturated heterocycles. The van der Waals surface area contributed by atoms with Crippen LogP contribution in [0.25, 0.3) is 0 Å². The van der Waals surface area contributed by atoms with Crippen molar-refractivity contribution in [3.8, 4) is 17.2 Å². The smallest absolute Gasteiger partial charge is 0.241 e. The SMILES string of the molecule is COc1ccccc1OCCOc1ccc(C)cc1[C@H]1SC(NC(C)=O)=NN1C(C)=O. The third kappa shape index (κ3) is 5.69. The minimum atomic E-state index is -0.440. The quantitative estimate of drug-likeness (QED) is 0.659. The minimum Gasteiger partial charge on any atom is -0.493 e. The lowest BCUT2D eigenvalue weighted by Crippen LogP contribution is -2.25. The molecule has 0 unspecified atom stereocenters. The van der Waals surface area contributed by atoms with E-state index in [0.717, 1.165) is 11.1 Å². The van der Waals surface area contributed by atoms with E-state index in [4.69, 9.17) is 14.2 Å². The van der Waals surface area contributed by atoms with Crippen LogP contribution in [0.3, 0.4) is 0 Å². The zero-order valence-electron chi connectivity index (χ0n) is 17.9. The number of rotatable bonds is 7. The molecule has 164 valence electrons. The molecule has 0 spiro atoms. The Morgan fingerprint density at radius 2 is 1.74 bits per heavy atom. The highest BCUT2D eigenvalue weighted by Crippen LogP contribution is 2.43. The summed E-state index contributed by atoms with van der Waals surface area (Å²) < 4.78 is 17.0. The molecular formula is C22H25N3O5S. The molecular weight excluding hydrogens is 418 g/mol.